The number of aryl methyl sites for hydroxylation is 1. The molecule has 7 heteroatoms. The number of benzene rings is 3. The molecule has 4 aromatic rings. The molecule has 1 unspecified atom stereocenters. The van der Waals surface area contributed by atoms with Gasteiger partial charge in [0.05, 0.1) is 20.3 Å². The monoisotopic (exact) mass is 511 g/mol. The third-order valence-electron chi connectivity index (χ3n) is 6.83. The van der Waals surface area contributed by atoms with E-state index < -0.39 is 5.63 Å². The van der Waals surface area contributed by atoms with E-state index in [9.17, 15) is 9.59 Å². The number of hydrogen-bond acceptors (Lipinski definition) is 6. The van der Waals surface area contributed by atoms with Crippen LogP contribution < -0.4 is 19.8 Å². The van der Waals surface area contributed by atoms with Crippen molar-refractivity contribution in [3.8, 4) is 17.2 Å². The van der Waals surface area contributed by atoms with Gasteiger partial charge >= 0.3 is 5.63 Å². The van der Waals surface area contributed by atoms with Crippen LogP contribution in [0.3, 0.4) is 0 Å². The predicted octanol–water partition coefficient (Wildman–Crippen LogP) is 5.34. The lowest BCUT2D eigenvalue weighted by atomic mass is 9.92. The molecule has 0 radical (unpaired) electrons. The molecule has 1 aliphatic heterocycles. The highest BCUT2D eigenvalue weighted by atomic mass is 16.5. The first kappa shape index (κ1) is 25.1. The van der Waals surface area contributed by atoms with Crippen LogP contribution in [0.1, 0.15) is 28.3 Å². The molecule has 0 bridgehead atoms. The molecule has 1 amide bonds. The molecule has 0 fully saturated rings. The second-order valence-electron chi connectivity index (χ2n) is 9.16. The molecule has 0 aliphatic carbocycles. The fourth-order valence-electron chi connectivity index (χ4n) is 4.87. The number of fused-ring (bicyclic) bond motifs is 2. The van der Waals surface area contributed by atoms with Crippen LogP contribution in [-0.2, 0) is 11.2 Å². The summed E-state index contributed by atoms with van der Waals surface area (Å²) in [5.41, 5.74) is 3.86. The quantitative estimate of drug-likeness (QED) is 0.246. The lowest BCUT2D eigenvalue weighted by Crippen LogP contribution is -2.41. The highest BCUT2D eigenvalue weighted by molar-refractivity contribution is 5.92. The third kappa shape index (κ3) is 5.13. The predicted molar refractivity (Wildman–Crippen MR) is 146 cm³/mol. The molecule has 38 heavy (non-hydrogen) atoms. The minimum atomic E-state index is -0.406. The van der Waals surface area contributed by atoms with Crippen molar-refractivity contribution in [1.82, 2.24) is 4.90 Å². The van der Waals surface area contributed by atoms with Gasteiger partial charge in [-0.2, -0.15) is 0 Å². The van der Waals surface area contributed by atoms with E-state index in [-0.39, 0.29) is 18.6 Å². The summed E-state index contributed by atoms with van der Waals surface area (Å²) in [6.07, 6.45) is 4.09. The summed E-state index contributed by atoms with van der Waals surface area (Å²) in [7, 11) is 3.20. The number of hydrogen-bond donors (Lipinski definition) is 0. The summed E-state index contributed by atoms with van der Waals surface area (Å²) >= 11 is 0. The van der Waals surface area contributed by atoms with Gasteiger partial charge in [-0.05, 0) is 65.9 Å². The molecule has 194 valence electrons. The SMILES string of the molecule is COc1cc2c(cc1OC)C(COc1ccc3c(C)cc(=O)oc3c1)N(C(=O)C=Cc1ccccc1)CC2. The molecule has 1 aromatic heterocycles. The maximum Gasteiger partial charge on any atom is 0.336 e. The zero-order chi connectivity index (χ0) is 26.6. The zero-order valence-corrected chi connectivity index (χ0v) is 21.6. The first-order chi connectivity index (χ1) is 18.5. The zero-order valence-electron chi connectivity index (χ0n) is 21.6. The van der Waals surface area contributed by atoms with Crippen LogP contribution >= 0.6 is 0 Å². The number of carbonyl (C=O) groups excluding carboxylic acids is 1. The van der Waals surface area contributed by atoms with Crippen LogP contribution in [0.5, 0.6) is 17.2 Å². The van der Waals surface area contributed by atoms with Gasteiger partial charge in [0.1, 0.15) is 17.9 Å². The Hall–Kier alpha value is -4.52. The van der Waals surface area contributed by atoms with Crippen LogP contribution in [0.4, 0.5) is 0 Å². The summed E-state index contributed by atoms with van der Waals surface area (Å²) in [6, 6.07) is 20.1. The second kappa shape index (κ2) is 10.8. The van der Waals surface area contributed by atoms with E-state index in [2.05, 4.69) is 0 Å². The maximum absolute atomic E-state index is 13.4. The minimum absolute atomic E-state index is 0.108. The van der Waals surface area contributed by atoms with Gasteiger partial charge in [0.2, 0.25) is 5.91 Å². The Balaban J connectivity index is 1.47. The molecule has 7 nitrogen and oxygen atoms in total. The van der Waals surface area contributed by atoms with Crippen molar-refractivity contribution >= 4 is 23.0 Å². The first-order valence-corrected chi connectivity index (χ1v) is 12.4. The van der Waals surface area contributed by atoms with Crippen molar-refractivity contribution in [3.05, 3.63) is 105 Å². The van der Waals surface area contributed by atoms with Gasteiger partial charge in [-0.1, -0.05) is 30.3 Å². The Labute approximate surface area is 220 Å². The van der Waals surface area contributed by atoms with Crippen molar-refractivity contribution in [1.29, 1.82) is 0 Å². The number of methoxy groups -OCH3 is 2. The molecular formula is C31H29NO6. The van der Waals surface area contributed by atoms with E-state index in [1.54, 1.807) is 26.4 Å². The smallest absolute Gasteiger partial charge is 0.336 e. The molecule has 0 saturated heterocycles. The Kier molecular flexibility index (Phi) is 7.18. The first-order valence-electron chi connectivity index (χ1n) is 12.4. The highest BCUT2D eigenvalue weighted by Gasteiger charge is 2.32. The van der Waals surface area contributed by atoms with E-state index in [0.717, 1.165) is 27.6 Å². The Bertz CT molecular complexity index is 1560. The Morgan fingerprint density at radius 2 is 1.79 bits per heavy atom. The fourth-order valence-corrected chi connectivity index (χ4v) is 4.87. The van der Waals surface area contributed by atoms with Crippen LogP contribution in [0.15, 0.2) is 82.0 Å². The molecule has 2 heterocycles. The van der Waals surface area contributed by atoms with E-state index in [1.807, 2.05) is 72.5 Å². The van der Waals surface area contributed by atoms with Gasteiger partial charge in [0, 0.05) is 30.1 Å². The van der Waals surface area contributed by atoms with Gasteiger partial charge in [-0.3, -0.25) is 4.79 Å². The number of amides is 1. The van der Waals surface area contributed by atoms with Crippen LogP contribution in [-0.4, -0.2) is 38.2 Å². The minimum Gasteiger partial charge on any atom is -0.493 e. The molecule has 0 saturated carbocycles. The number of ether oxygens (including phenoxy) is 3. The standard InChI is InChI=1S/C31H29NO6/c1-20-15-31(34)38-27-17-23(10-11-24(20)27)37-19-26-25-18-29(36-3)28(35-2)16-22(25)13-14-32(26)30(33)12-9-21-7-5-4-6-8-21/h4-12,15-18,26H,13-14,19H2,1-3H3. The van der Waals surface area contributed by atoms with Crippen molar-refractivity contribution in [2.75, 3.05) is 27.4 Å². The topological polar surface area (TPSA) is 78.2 Å². The summed E-state index contributed by atoms with van der Waals surface area (Å²) in [5, 5.41) is 0.847. The fraction of sp³-hybridized carbons (Fsp3) is 0.226. The van der Waals surface area contributed by atoms with Gasteiger partial charge in [-0.15, -0.1) is 0 Å². The molecule has 1 aliphatic rings. The van der Waals surface area contributed by atoms with E-state index in [1.165, 1.54) is 6.07 Å². The molecule has 1 atom stereocenters. The number of nitrogens with zero attached hydrogens (tertiary/aromatic N) is 1. The van der Waals surface area contributed by atoms with E-state index in [0.29, 0.717) is 35.8 Å². The summed E-state index contributed by atoms with van der Waals surface area (Å²) < 4.78 is 22.7. The highest BCUT2D eigenvalue weighted by Crippen LogP contribution is 2.38. The van der Waals surface area contributed by atoms with Crippen molar-refractivity contribution < 1.29 is 23.4 Å². The lowest BCUT2D eigenvalue weighted by molar-refractivity contribution is -0.129. The maximum atomic E-state index is 13.4. The van der Waals surface area contributed by atoms with Crippen LogP contribution in [0.25, 0.3) is 17.0 Å². The Morgan fingerprint density at radius 3 is 2.55 bits per heavy atom. The normalized spacial score (nSPS) is 14.9. The number of carbonyl (C=O) groups is 1. The Morgan fingerprint density at radius 1 is 1.03 bits per heavy atom. The van der Waals surface area contributed by atoms with E-state index >= 15 is 0 Å². The number of rotatable bonds is 7. The second-order valence-corrected chi connectivity index (χ2v) is 9.16. The van der Waals surface area contributed by atoms with Gasteiger partial charge in [0.15, 0.2) is 11.5 Å². The van der Waals surface area contributed by atoms with Crippen LogP contribution in [0.2, 0.25) is 0 Å². The van der Waals surface area contributed by atoms with Crippen LogP contribution in [0, 0.1) is 6.92 Å². The van der Waals surface area contributed by atoms with Crippen molar-refractivity contribution in [3.63, 3.8) is 0 Å². The molecule has 0 spiro atoms. The van der Waals surface area contributed by atoms with Crippen molar-refractivity contribution in [2.45, 2.75) is 19.4 Å². The average molecular weight is 512 g/mol. The average Bonchev–Trinajstić information content (AvgIpc) is 2.93. The molecular weight excluding hydrogens is 482 g/mol. The lowest BCUT2D eigenvalue weighted by Gasteiger charge is -2.37. The summed E-state index contributed by atoms with van der Waals surface area (Å²) in [4.78, 5) is 27.1. The third-order valence-corrected chi connectivity index (χ3v) is 6.83. The molecule has 5 rings (SSSR count). The summed E-state index contributed by atoms with van der Waals surface area (Å²) in [6.45, 7) is 2.60. The van der Waals surface area contributed by atoms with E-state index in [4.69, 9.17) is 18.6 Å². The molecule has 0 N–H and O–H groups in total. The molecule has 3 aromatic carbocycles. The van der Waals surface area contributed by atoms with Crippen molar-refractivity contribution in [2.24, 2.45) is 0 Å². The largest absolute Gasteiger partial charge is 0.493 e. The summed E-state index contributed by atoms with van der Waals surface area (Å²) in [5.74, 6) is 1.68. The van der Waals surface area contributed by atoms with Gasteiger partial charge in [0.25, 0.3) is 0 Å². The van der Waals surface area contributed by atoms with Gasteiger partial charge in [-0.25, -0.2) is 4.79 Å². The van der Waals surface area contributed by atoms with Gasteiger partial charge < -0.3 is 23.5 Å².